The van der Waals surface area contributed by atoms with Gasteiger partial charge in [-0.25, -0.2) is 4.79 Å². The standard InChI is InChI=1S/C30H41NO6/c1-18-13-28(35)37-29-21(18)11-12-26(36-4)23(29)16-20(32)17-31-25-15-19-14-24(30(19,2)3)22(25)9-7-5-6-8-10-27(33)34/h5,7,11-13,19-20,22,24-25,31-32H,6,8-10,14-17H2,1-4H3,(H,33,34)/b7-5-/t19-,20?,22+,24+,25+/m1/s1. The average molecular weight is 512 g/mol. The van der Waals surface area contributed by atoms with E-state index in [1.807, 2.05) is 19.1 Å². The SMILES string of the molecule is COc1ccc2c(C)cc(=O)oc2c1CC(O)CN[C@H]1C[C@H]2C[C@@H]([C@@H]1C/C=C\CCCC(=O)O)C2(C)C. The fourth-order valence-electron chi connectivity index (χ4n) is 6.65. The molecule has 2 aromatic rings. The maximum Gasteiger partial charge on any atom is 0.336 e. The van der Waals surface area contributed by atoms with Gasteiger partial charge in [0.1, 0.15) is 11.3 Å². The number of ether oxygens (including phenoxy) is 1. The number of allylic oxidation sites excluding steroid dienone is 2. The lowest BCUT2D eigenvalue weighted by Gasteiger charge is -2.63. The molecule has 37 heavy (non-hydrogen) atoms. The highest BCUT2D eigenvalue weighted by atomic mass is 16.5. The number of aliphatic hydroxyl groups excluding tert-OH is 1. The van der Waals surface area contributed by atoms with Crippen LogP contribution in [0, 0.1) is 30.1 Å². The highest BCUT2D eigenvalue weighted by Gasteiger charge is 2.57. The summed E-state index contributed by atoms with van der Waals surface area (Å²) in [5.41, 5.74) is 1.96. The number of aliphatic carboxylic acids is 1. The molecule has 5 atom stereocenters. The van der Waals surface area contributed by atoms with Crippen LogP contribution in [0.2, 0.25) is 0 Å². The summed E-state index contributed by atoms with van der Waals surface area (Å²) in [6, 6.07) is 5.55. The number of hydrogen-bond donors (Lipinski definition) is 3. The maximum atomic E-state index is 12.1. The van der Waals surface area contributed by atoms with Crippen molar-refractivity contribution in [2.75, 3.05) is 13.7 Å². The Bertz CT molecular complexity index is 1200. The molecule has 0 saturated heterocycles. The predicted molar refractivity (Wildman–Crippen MR) is 144 cm³/mol. The summed E-state index contributed by atoms with van der Waals surface area (Å²) in [7, 11) is 1.58. The molecular formula is C30H41NO6. The third-order valence-electron chi connectivity index (χ3n) is 8.91. The quantitative estimate of drug-likeness (QED) is 0.212. The first-order chi connectivity index (χ1) is 17.6. The maximum absolute atomic E-state index is 12.1. The number of hydrogen-bond acceptors (Lipinski definition) is 6. The number of methoxy groups -OCH3 is 1. The number of unbranched alkanes of at least 4 members (excludes halogenated alkanes) is 1. The molecular weight excluding hydrogens is 470 g/mol. The van der Waals surface area contributed by atoms with Gasteiger partial charge in [-0.05, 0) is 79.9 Å². The molecule has 202 valence electrons. The van der Waals surface area contributed by atoms with Crippen LogP contribution in [0.15, 0.2) is 39.6 Å². The Morgan fingerprint density at radius 1 is 1.30 bits per heavy atom. The Balaban J connectivity index is 1.42. The lowest BCUT2D eigenvalue weighted by molar-refractivity contribution is -0.137. The zero-order chi connectivity index (χ0) is 26.7. The van der Waals surface area contributed by atoms with Gasteiger partial charge in [0, 0.05) is 42.4 Å². The molecule has 3 saturated carbocycles. The molecule has 1 unspecified atom stereocenters. The zero-order valence-electron chi connectivity index (χ0n) is 22.5. The van der Waals surface area contributed by atoms with Crippen molar-refractivity contribution in [3.63, 3.8) is 0 Å². The van der Waals surface area contributed by atoms with Crippen molar-refractivity contribution in [1.82, 2.24) is 5.32 Å². The largest absolute Gasteiger partial charge is 0.496 e. The minimum absolute atomic E-state index is 0.206. The first kappa shape index (κ1) is 27.4. The van der Waals surface area contributed by atoms with Crippen molar-refractivity contribution in [2.45, 2.75) is 77.9 Å². The molecule has 0 radical (unpaired) electrons. The van der Waals surface area contributed by atoms with E-state index in [9.17, 15) is 14.7 Å². The number of carboxylic acids is 1. The molecule has 0 amide bonds. The van der Waals surface area contributed by atoms with Gasteiger partial charge in [-0.15, -0.1) is 0 Å². The number of aliphatic hydroxyl groups is 1. The van der Waals surface area contributed by atoms with Crippen LogP contribution in [-0.2, 0) is 11.2 Å². The Labute approximate surface area is 218 Å². The van der Waals surface area contributed by atoms with Crippen LogP contribution in [0.5, 0.6) is 5.75 Å². The number of benzene rings is 1. The van der Waals surface area contributed by atoms with Crippen LogP contribution in [0.25, 0.3) is 11.0 Å². The molecule has 5 rings (SSSR count). The van der Waals surface area contributed by atoms with E-state index in [1.165, 1.54) is 12.5 Å². The van der Waals surface area contributed by atoms with Crippen molar-refractivity contribution in [2.24, 2.45) is 23.2 Å². The second-order valence-corrected chi connectivity index (χ2v) is 11.5. The van der Waals surface area contributed by atoms with E-state index in [0.29, 0.717) is 65.5 Å². The van der Waals surface area contributed by atoms with Gasteiger partial charge < -0.3 is 24.7 Å². The molecule has 1 aromatic carbocycles. The topological polar surface area (TPSA) is 109 Å². The lowest BCUT2D eigenvalue weighted by Crippen LogP contribution is -2.61. The van der Waals surface area contributed by atoms with E-state index in [2.05, 4.69) is 31.3 Å². The Kier molecular flexibility index (Phi) is 8.44. The van der Waals surface area contributed by atoms with E-state index in [0.717, 1.165) is 30.2 Å². The number of aryl methyl sites for hydroxylation is 1. The number of fused-ring (bicyclic) bond motifs is 3. The van der Waals surface area contributed by atoms with Crippen LogP contribution < -0.4 is 15.7 Å². The first-order valence-electron chi connectivity index (χ1n) is 13.5. The summed E-state index contributed by atoms with van der Waals surface area (Å²) in [4.78, 5) is 22.8. The van der Waals surface area contributed by atoms with E-state index < -0.39 is 17.7 Å². The monoisotopic (exact) mass is 511 g/mol. The van der Waals surface area contributed by atoms with Crippen molar-refractivity contribution < 1.29 is 24.2 Å². The van der Waals surface area contributed by atoms with Gasteiger partial charge in [0.05, 0.1) is 13.2 Å². The zero-order valence-corrected chi connectivity index (χ0v) is 22.5. The molecule has 0 aliphatic heterocycles. The molecule has 1 heterocycles. The fourth-order valence-corrected chi connectivity index (χ4v) is 6.65. The van der Waals surface area contributed by atoms with E-state index in [-0.39, 0.29) is 6.42 Å². The lowest BCUT2D eigenvalue weighted by atomic mass is 9.44. The highest BCUT2D eigenvalue weighted by Crippen LogP contribution is 2.62. The second-order valence-electron chi connectivity index (χ2n) is 11.5. The molecule has 2 bridgehead atoms. The Morgan fingerprint density at radius 2 is 2.08 bits per heavy atom. The summed E-state index contributed by atoms with van der Waals surface area (Å²) < 4.78 is 11.1. The molecule has 3 aliphatic carbocycles. The van der Waals surface area contributed by atoms with Crippen LogP contribution >= 0.6 is 0 Å². The number of nitrogens with one attached hydrogen (secondary N) is 1. The summed E-state index contributed by atoms with van der Waals surface area (Å²) in [6.45, 7) is 7.08. The highest BCUT2D eigenvalue weighted by molar-refractivity contribution is 5.85. The molecule has 3 fully saturated rings. The molecule has 3 aliphatic rings. The second kappa shape index (κ2) is 11.4. The third kappa shape index (κ3) is 5.93. The summed E-state index contributed by atoms with van der Waals surface area (Å²) in [5.74, 6) is 1.67. The van der Waals surface area contributed by atoms with E-state index in [4.69, 9.17) is 14.3 Å². The molecule has 3 N–H and O–H groups in total. The van der Waals surface area contributed by atoms with Gasteiger partial charge in [0.25, 0.3) is 0 Å². The van der Waals surface area contributed by atoms with Crippen molar-refractivity contribution in [3.05, 3.63) is 51.9 Å². The average Bonchev–Trinajstić information content (AvgIpc) is 2.85. The minimum Gasteiger partial charge on any atom is -0.496 e. The summed E-state index contributed by atoms with van der Waals surface area (Å²) >= 11 is 0. The Morgan fingerprint density at radius 3 is 2.78 bits per heavy atom. The fraction of sp³-hybridized carbons (Fsp3) is 0.600. The van der Waals surface area contributed by atoms with Crippen LogP contribution in [0.3, 0.4) is 0 Å². The van der Waals surface area contributed by atoms with Crippen molar-refractivity contribution in [1.29, 1.82) is 0 Å². The van der Waals surface area contributed by atoms with Gasteiger partial charge in [-0.2, -0.15) is 0 Å². The van der Waals surface area contributed by atoms with Gasteiger partial charge in [-0.3, -0.25) is 4.79 Å². The van der Waals surface area contributed by atoms with Gasteiger partial charge in [-0.1, -0.05) is 26.0 Å². The van der Waals surface area contributed by atoms with Crippen LogP contribution in [0.4, 0.5) is 0 Å². The number of rotatable bonds is 12. The first-order valence-corrected chi connectivity index (χ1v) is 13.5. The predicted octanol–water partition coefficient (Wildman–Crippen LogP) is 4.86. The van der Waals surface area contributed by atoms with E-state index in [1.54, 1.807) is 7.11 Å². The van der Waals surface area contributed by atoms with Crippen LogP contribution in [-0.4, -0.2) is 42.0 Å². The third-order valence-corrected chi connectivity index (χ3v) is 8.91. The van der Waals surface area contributed by atoms with Gasteiger partial charge in [0.15, 0.2) is 0 Å². The summed E-state index contributed by atoms with van der Waals surface area (Å²) in [5, 5.41) is 24.4. The van der Waals surface area contributed by atoms with Gasteiger partial charge >= 0.3 is 11.6 Å². The van der Waals surface area contributed by atoms with Crippen molar-refractivity contribution >= 4 is 16.9 Å². The smallest absolute Gasteiger partial charge is 0.336 e. The minimum atomic E-state index is -0.746. The van der Waals surface area contributed by atoms with Crippen molar-refractivity contribution in [3.8, 4) is 5.75 Å². The molecule has 1 aromatic heterocycles. The molecule has 0 spiro atoms. The number of carbonyl (C=O) groups is 1. The summed E-state index contributed by atoms with van der Waals surface area (Å²) in [6.07, 6.45) is 8.97. The number of carboxylic acid groups (broad SMARTS) is 1. The molecule has 7 heteroatoms. The van der Waals surface area contributed by atoms with Crippen LogP contribution in [0.1, 0.15) is 63.5 Å². The molecule has 7 nitrogen and oxygen atoms in total. The van der Waals surface area contributed by atoms with Gasteiger partial charge in [0.2, 0.25) is 0 Å². The van der Waals surface area contributed by atoms with E-state index >= 15 is 0 Å². The Hall–Kier alpha value is -2.64. The normalized spacial score (nSPS) is 25.2.